The Morgan fingerprint density at radius 1 is 0.429 bits per heavy atom. The Hall–Kier alpha value is -6.24. The van der Waals surface area contributed by atoms with Crippen LogP contribution in [-0.2, 0) is 0 Å². The van der Waals surface area contributed by atoms with E-state index in [2.05, 4.69) is 120 Å². The summed E-state index contributed by atoms with van der Waals surface area (Å²) < 4.78 is 7.30. The Labute approximate surface area is 289 Å². The molecule has 0 bridgehead atoms. The molecule has 3 heterocycles. The van der Waals surface area contributed by atoms with Crippen LogP contribution in [0.3, 0.4) is 0 Å². The third kappa shape index (κ3) is 4.17. The third-order valence-electron chi connectivity index (χ3n) is 9.68. The maximum atomic E-state index is 10.4. The number of benzene rings is 7. The van der Waals surface area contributed by atoms with Gasteiger partial charge in [-0.2, -0.15) is 10.5 Å². The Morgan fingerprint density at radius 3 is 1.59 bits per heavy atom. The van der Waals surface area contributed by atoms with Crippen molar-refractivity contribution >= 4 is 84.8 Å². The van der Waals surface area contributed by atoms with Gasteiger partial charge in [0, 0.05) is 56.7 Å². The Kier molecular flexibility index (Phi) is 6.04. The first-order valence-corrected chi connectivity index (χ1v) is 17.7. The lowest BCUT2D eigenvalue weighted by molar-refractivity contribution is 1.17. The zero-order valence-corrected chi connectivity index (χ0v) is 27.6. The van der Waals surface area contributed by atoms with E-state index in [9.17, 15) is 10.5 Å². The monoisotopic (exact) mass is 657 g/mol. The molecule has 0 fully saturated rings. The lowest BCUT2D eigenvalue weighted by Gasteiger charge is -2.16. The fourth-order valence-corrected chi connectivity index (χ4v) is 9.62. The van der Waals surface area contributed by atoms with Crippen molar-refractivity contribution < 1.29 is 0 Å². The van der Waals surface area contributed by atoms with Gasteiger partial charge in [0.15, 0.2) is 0 Å². The van der Waals surface area contributed by atoms with Crippen molar-refractivity contribution in [1.82, 2.24) is 4.57 Å². The van der Waals surface area contributed by atoms with Gasteiger partial charge in [-0.3, -0.25) is 0 Å². The first-order chi connectivity index (χ1) is 24.2. The summed E-state index contributed by atoms with van der Waals surface area (Å²) in [6.45, 7) is 0. The molecule has 0 aliphatic carbocycles. The molecule has 49 heavy (non-hydrogen) atoms. The highest BCUT2D eigenvalue weighted by Crippen LogP contribution is 2.45. The number of fused-ring (bicyclic) bond motifs is 9. The van der Waals surface area contributed by atoms with E-state index in [0.29, 0.717) is 11.1 Å². The second kappa shape index (κ2) is 10.6. The molecular weight excluding hydrogens is 635 g/mol. The van der Waals surface area contributed by atoms with Gasteiger partial charge in [-0.15, -0.1) is 22.7 Å². The molecule has 0 aliphatic heterocycles. The standard InChI is InChI=1S/C44H23N3S2/c45-24-26-12-14-27(15-13-26)28-16-18-40-34(20-28)36-22-43-37(23-42(36)48-40)35-21-29(17-19-41(35)49-43)31-9-5-6-30(25-46)44(31)47-38-10-3-1-7-32(38)33-8-2-4-11-39(33)47/h1-23H. The first kappa shape index (κ1) is 27.8. The van der Waals surface area contributed by atoms with Gasteiger partial charge in [-0.25, -0.2) is 0 Å². The van der Waals surface area contributed by atoms with E-state index in [1.54, 1.807) is 0 Å². The van der Waals surface area contributed by atoms with E-state index < -0.39 is 0 Å². The van der Waals surface area contributed by atoms with Gasteiger partial charge in [0.05, 0.1) is 33.9 Å². The van der Waals surface area contributed by atoms with Crippen LogP contribution in [0.1, 0.15) is 11.1 Å². The van der Waals surface area contributed by atoms with Gasteiger partial charge in [-0.05, 0) is 83.4 Å². The number of rotatable bonds is 3. The maximum Gasteiger partial charge on any atom is 0.101 e. The fourth-order valence-electron chi connectivity index (χ4n) is 7.40. The van der Waals surface area contributed by atoms with Crippen molar-refractivity contribution in [3.05, 3.63) is 151 Å². The second-order valence-corrected chi connectivity index (χ2v) is 14.5. The summed E-state index contributed by atoms with van der Waals surface area (Å²) in [4.78, 5) is 0. The Morgan fingerprint density at radius 2 is 0.980 bits per heavy atom. The number of nitrogens with zero attached hydrogens (tertiary/aromatic N) is 3. The number of thiophene rings is 2. The summed E-state index contributed by atoms with van der Waals surface area (Å²) >= 11 is 3.66. The van der Waals surface area contributed by atoms with Crippen molar-refractivity contribution in [2.45, 2.75) is 0 Å². The highest BCUT2D eigenvalue weighted by molar-refractivity contribution is 7.27. The van der Waals surface area contributed by atoms with Crippen LogP contribution >= 0.6 is 22.7 Å². The Balaban J connectivity index is 1.16. The van der Waals surface area contributed by atoms with Crippen LogP contribution in [0.15, 0.2) is 140 Å². The van der Waals surface area contributed by atoms with E-state index in [1.807, 2.05) is 59.1 Å². The van der Waals surface area contributed by atoms with E-state index in [0.717, 1.165) is 39.0 Å². The molecule has 0 saturated heterocycles. The van der Waals surface area contributed by atoms with Crippen LogP contribution in [0.4, 0.5) is 0 Å². The summed E-state index contributed by atoms with van der Waals surface area (Å²) in [7, 11) is 0. The maximum absolute atomic E-state index is 10.4. The first-order valence-electron chi connectivity index (χ1n) is 16.0. The summed E-state index contributed by atoms with van der Waals surface area (Å²) in [5.41, 5.74) is 8.77. The van der Waals surface area contributed by atoms with E-state index in [-0.39, 0.29) is 0 Å². The van der Waals surface area contributed by atoms with Crippen LogP contribution in [-0.4, -0.2) is 4.57 Å². The minimum Gasteiger partial charge on any atom is -0.307 e. The smallest absolute Gasteiger partial charge is 0.101 e. The molecule has 10 rings (SSSR count). The van der Waals surface area contributed by atoms with Gasteiger partial charge in [-0.1, -0.05) is 72.8 Å². The molecule has 0 N–H and O–H groups in total. The molecule has 3 nitrogen and oxygen atoms in total. The molecule has 0 aliphatic rings. The minimum absolute atomic E-state index is 0.645. The molecule has 5 heteroatoms. The number of nitriles is 2. The van der Waals surface area contributed by atoms with Crippen molar-refractivity contribution in [3.63, 3.8) is 0 Å². The van der Waals surface area contributed by atoms with Crippen molar-refractivity contribution in [2.75, 3.05) is 0 Å². The molecule has 0 atom stereocenters. The van der Waals surface area contributed by atoms with Crippen molar-refractivity contribution in [2.24, 2.45) is 0 Å². The van der Waals surface area contributed by atoms with E-state index >= 15 is 0 Å². The summed E-state index contributed by atoms with van der Waals surface area (Å²) in [6.07, 6.45) is 0. The average molecular weight is 658 g/mol. The lowest BCUT2D eigenvalue weighted by atomic mass is 9.98. The SMILES string of the molecule is N#Cc1ccc(-c2ccc3sc4cc5c(cc4c3c2)sc2ccc(-c3cccc(C#N)c3-n3c4ccccc4c4ccccc43)cc25)cc1. The molecule has 10 aromatic rings. The molecule has 0 unspecified atom stereocenters. The van der Waals surface area contributed by atoms with Crippen LogP contribution in [0, 0.1) is 22.7 Å². The molecule has 7 aromatic carbocycles. The highest BCUT2D eigenvalue weighted by Gasteiger charge is 2.20. The topological polar surface area (TPSA) is 52.5 Å². The third-order valence-corrected chi connectivity index (χ3v) is 11.9. The van der Waals surface area contributed by atoms with Gasteiger partial charge >= 0.3 is 0 Å². The molecule has 0 radical (unpaired) electrons. The van der Waals surface area contributed by atoms with E-state index in [1.165, 1.54) is 51.1 Å². The predicted molar refractivity (Wildman–Crippen MR) is 207 cm³/mol. The summed E-state index contributed by atoms with van der Waals surface area (Å²) in [5.74, 6) is 0. The fraction of sp³-hybridized carbons (Fsp3) is 0. The average Bonchev–Trinajstić information content (AvgIpc) is 3.81. The summed E-state index contributed by atoms with van der Waals surface area (Å²) in [5, 5.41) is 27.0. The van der Waals surface area contributed by atoms with Crippen LogP contribution < -0.4 is 0 Å². The molecule has 3 aromatic heterocycles. The minimum atomic E-state index is 0.645. The quantitative estimate of drug-likeness (QED) is 0.190. The molecule has 0 amide bonds. The predicted octanol–water partition coefficient (Wildman–Crippen LogP) is 12.6. The van der Waals surface area contributed by atoms with E-state index in [4.69, 9.17) is 0 Å². The Bertz CT molecular complexity index is 3020. The largest absolute Gasteiger partial charge is 0.307 e. The zero-order chi connectivity index (χ0) is 32.6. The normalized spacial score (nSPS) is 11.6. The number of hydrogen-bond donors (Lipinski definition) is 0. The number of aromatic nitrogens is 1. The van der Waals surface area contributed by atoms with Gasteiger partial charge in [0.1, 0.15) is 6.07 Å². The molecule has 0 saturated carbocycles. The number of hydrogen-bond acceptors (Lipinski definition) is 4. The molecule has 226 valence electrons. The second-order valence-electron chi connectivity index (χ2n) is 12.3. The van der Waals surface area contributed by atoms with Crippen molar-refractivity contribution in [3.8, 4) is 40.1 Å². The molecular formula is C44H23N3S2. The summed E-state index contributed by atoms with van der Waals surface area (Å²) in [6, 6.07) is 53.6. The van der Waals surface area contributed by atoms with Gasteiger partial charge in [0.25, 0.3) is 0 Å². The highest BCUT2D eigenvalue weighted by atomic mass is 32.1. The molecule has 0 spiro atoms. The number of para-hydroxylation sites is 3. The van der Waals surface area contributed by atoms with Gasteiger partial charge in [0.2, 0.25) is 0 Å². The van der Waals surface area contributed by atoms with Crippen LogP contribution in [0.2, 0.25) is 0 Å². The van der Waals surface area contributed by atoms with Crippen molar-refractivity contribution in [1.29, 1.82) is 10.5 Å². The zero-order valence-electron chi connectivity index (χ0n) is 25.9. The lowest BCUT2D eigenvalue weighted by Crippen LogP contribution is -2.00. The van der Waals surface area contributed by atoms with Gasteiger partial charge < -0.3 is 4.57 Å². The van der Waals surface area contributed by atoms with Crippen LogP contribution in [0.5, 0.6) is 0 Å². The van der Waals surface area contributed by atoms with Crippen LogP contribution in [0.25, 0.3) is 90.1 Å².